The number of fused-ring (bicyclic) bond motifs is 4. The van der Waals surface area contributed by atoms with Gasteiger partial charge in [-0.15, -0.1) is 0 Å². The lowest BCUT2D eigenvalue weighted by molar-refractivity contribution is -0.132. The Hall–Kier alpha value is -2.68. The van der Waals surface area contributed by atoms with Crippen molar-refractivity contribution in [3.05, 3.63) is 42.5 Å². The largest absolute Gasteiger partial charge is 0.490 e. The van der Waals surface area contributed by atoms with Crippen LogP contribution in [-0.4, -0.2) is 44.6 Å². The van der Waals surface area contributed by atoms with Crippen molar-refractivity contribution in [3.8, 4) is 16.9 Å². The van der Waals surface area contributed by atoms with Gasteiger partial charge in [-0.25, -0.2) is 19.4 Å². The molecule has 5 rings (SSSR count). The molecule has 1 aromatic heterocycles. The van der Waals surface area contributed by atoms with E-state index in [9.17, 15) is 9.18 Å². The van der Waals surface area contributed by atoms with Gasteiger partial charge in [0.2, 0.25) is 0 Å². The first-order valence-corrected chi connectivity index (χ1v) is 11.8. The first-order chi connectivity index (χ1) is 15.3. The van der Waals surface area contributed by atoms with Crippen LogP contribution < -0.4 is 15.8 Å². The van der Waals surface area contributed by atoms with E-state index >= 15 is 0 Å². The number of thioether (sulfide) groups is 1. The van der Waals surface area contributed by atoms with Gasteiger partial charge in [0, 0.05) is 41.2 Å². The summed E-state index contributed by atoms with van der Waals surface area (Å²) in [6.45, 7) is 2.56. The minimum Gasteiger partial charge on any atom is -0.490 e. The van der Waals surface area contributed by atoms with E-state index in [1.165, 1.54) is 20.2 Å². The molecule has 9 heteroatoms. The molecule has 3 heterocycles. The maximum Gasteiger partial charge on any atom is 0.257 e. The second-order valence-corrected chi connectivity index (χ2v) is 10.2. The molecular weight excluding hydrogens is 429 g/mol. The number of ether oxygens (including phenoxy) is 1. The Morgan fingerprint density at radius 1 is 1.28 bits per heavy atom. The number of carbonyl (C=O) groups excluding carboxylic acids is 1. The van der Waals surface area contributed by atoms with E-state index in [2.05, 4.69) is 21.4 Å². The van der Waals surface area contributed by atoms with Crippen molar-refractivity contribution in [1.29, 1.82) is 0 Å². The van der Waals surface area contributed by atoms with Gasteiger partial charge in [0.05, 0.1) is 0 Å². The summed E-state index contributed by atoms with van der Waals surface area (Å²) >= 11 is 1.54. The number of hydrogen-bond donors (Lipinski definition) is 2. The van der Waals surface area contributed by atoms with Gasteiger partial charge in [-0.3, -0.25) is 4.79 Å². The van der Waals surface area contributed by atoms with Gasteiger partial charge < -0.3 is 15.8 Å². The SMILES string of the molecule is CC(C)(F)C(=O)NC1CCC2Oc3ccc(-c4cncnc4)cc3C3(CSC(N)=N3)C2C1. The number of aromatic nitrogens is 2. The molecule has 1 aromatic carbocycles. The van der Waals surface area contributed by atoms with E-state index in [1.54, 1.807) is 24.2 Å². The third-order valence-corrected chi connectivity index (χ3v) is 7.61. The smallest absolute Gasteiger partial charge is 0.257 e. The molecule has 1 spiro atoms. The monoisotopic (exact) mass is 455 g/mol. The van der Waals surface area contributed by atoms with Crippen LogP contribution in [0.25, 0.3) is 11.1 Å². The van der Waals surface area contributed by atoms with Gasteiger partial charge in [0.15, 0.2) is 10.8 Å². The van der Waals surface area contributed by atoms with Crippen LogP contribution in [-0.2, 0) is 10.3 Å². The van der Waals surface area contributed by atoms with Crippen LogP contribution in [0.5, 0.6) is 5.75 Å². The minimum atomic E-state index is -1.91. The van der Waals surface area contributed by atoms with Crippen molar-refractivity contribution in [1.82, 2.24) is 15.3 Å². The molecule has 7 nitrogen and oxygen atoms in total. The summed E-state index contributed by atoms with van der Waals surface area (Å²) in [4.78, 5) is 25.5. The maximum absolute atomic E-state index is 14.1. The summed E-state index contributed by atoms with van der Waals surface area (Å²) in [5.41, 5.74) is 6.60. The lowest BCUT2D eigenvalue weighted by Gasteiger charge is -2.49. The van der Waals surface area contributed by atoms with Crippen LogP contribution in [0, 0.1) is 5.92 Å². The highest BCUT2D eigenvalue weighted by Crippen LogP contribution is 2.54. The Kier molecular flexibility index (Phi) is 5.11. The predicted octanol–water partition coefficient (Wildman–Crippen LogP) is 3.19. The number of nitrogens with one attached hydrogen (secondary N) is 1. The zero-order valence-electron chi connectivity index (χ0n) is 18.0. The van der Waals surface area contributed by atoms with E-state index in [4.69, 9.17) is 15.5 Å². The van der Waals surface area contributed by atoms with Crippen LogP contribution in [0.15, 0.2) is 41.9 Å². The van der Waals surface area contributed by atoms with E-state index in [-0.39, 0.29) is 18.1 Å². The lowest BCUT2D eigenvalue weighted by atomic mass is 9.67. The highest BCUT2D eigenvalue weighted by Gasteiger charge is 2.55. The number of rotatable bonds is 3. The van der Waals surface area contributed by atoms with Gasteiger partial charge in [0.1, 0.15) is 23.7 Å². The fourth-order valence-corrected chi connectivity index (χ4v) is 6.04. The highest BCUT2D eigenvalue weighted by atomic mass is 32.2. The second-order valence-electron chi connectivity index (χ2n) is 9.22. The number of amides is 1. The molecule has 2 aromatic rings. The molecule has 168 valence electrons. The van der Waals surface area contributed by atoms with E-state index < -0.39 is 17.1 Å². The zero-order chi connectivity index (χ0) is 22.5. The first-order valence-electron chi connectivity index (χ1n) is 10.8. The summed E-state index contributed by atoms with van der Waals surface area (Å²) in [5.74, 6) is 0.966. The van der Waals surface area contributed by atoms with Crippen LogP contribution >= 0.6 is 11.8 Å². The summed E-state index contributed by atoms with van der Waals surface area (Å²) in [7, 11) is 0. The van der Waals surface area contributed by atoms with Gasteiger partial charge in [-0.1, -0.05) is 17.8 Å². The van der Waals surface area contributed by atoms with Gasteiger partial charge in [-0.2, -0.15) is 0 Å². The molecule has 3 aliphatic rings. The standard InChI is InChI=1S/C23H26FN5O2S/c1-22(2,24)20(30)28-15-4-6-19-17(8-15)23(11-32-21(25)29-23)16-7-13(3-5-18(16)31-19)14-9-26-12-27-10-14/h3,5,7,9-10,12,15,17,19H,4,6,8,11H2,1-2H3,(H2,25,29)(H,28,30). The molecule has 0 radical (unpaired) electrons. The van der Waals surface area contributed by atoms with Crippen LogP contribution in [0.1, 0.15) is 38.7 Å². The Bertz CT molecular complexity index is 1070. The Labute approximate surface area is 190 Å². The molecule has 4 atom stereocenters. The van der Waals surface area contributed by atoms with Gasteiger partial charge in [0.25, 0.3) is 5.91 Å². The summed E-state index contributed by atoms with van der Waals surface area (Å²) in [6.07, 6.45) is 7.18. The lowest BCUT2D eigenvalue weighted by Crippen LogP contribution is -2.55. The number of halogens is 1. The number of aliphatic imine (C=N–C) groups is 1. The second kappa shape index (κ2) is 7.72. The Balaban J connectivity index is 1.52. The Morgan fingerprint density at radius 2 is 2.06 bits per heavy atom. The number of amidine groups is 1. The third-order valence-electron chi connectivity index (χ3n) is 6.64. The molecule has 3 N–H and O–H groups in total. The third kappa shape index (κ3) is 3.62. The topological polar surface area (TPSA) is 102 Å². The van der Waals surface area contributed by atoms with Crippen molar-refractivity contribution in [2.24, 2.45) is 16.6 Å². The number of nitrogens with zero attached hydrogens (tertiary/aromatic N) is 3. The number of alkyl halides is 1. The van der Waals surface area contributed by atoms with Crippen molar-refractivity contribution in [2.75, 3.05) is 5.75 Å². The molecule has 1 saturated carbocycles. The highest BCUT2D eigenvalue weighted by molar-refractivity contribution is 8.14. The average molecular weight is 456 g/mol. The van der Waals surface area contributed by atoms with Gasteiger partial charge >= 0.3 is 0 Å². The van der Waals surface area contributed by atoms with Crippen LogP contribution in [0.2, 0.25) is 0 Å². The summed E-state index contributed by atoms with van der Waals surface area (Å²) < 4.78 is 20.6. The van der Waals surface area contributed by atoms with Gasteiger partial charge in [-0.05, 0) is 50.8 Å². The molecule has 0 bridgehead atoms. The molecule has 1 fully saturated rings. The summed E-state index contributed by atoms with van der Waals surface area (Å²) in [6, 6.07) is 5.97. The fourth-order valence-electron chi connectivity index (χ4n) is 5.01. The molecular formula is C23H26FN5O2S. The van der Waals surface area contributed by atoms with Crippen molar-refractivity contribution in [2.45, 2.75) is 56.5 Å². The van der Waals surface area contributed by atoms with E-state index in [0.717, 1.165) is 35.3 Å². The average Bonchev–Trinajstić information content (AvgIpc) is 3.16. The van der Waals surface area contributed by atoms with E-state index in [1.807, 2.05) is 12.1 Å². The fraction of sp³-hybridized carbons (Fsp3) is 0.478. The zero-order valence-corrected chi connectivity index (χ0v) is 18.9. The molecule has 1 aliphatic carbocycles. The number of nitrogens with two attached hydrogens (primary N) is 1. The van der Waals surface area contributed by atoms with Crippen molar-refractivity contribution >= 4 is 22.8 Å². The molecule has 4 unspecified atom stereocenters. The van der Waals surface area contributed by atoms with E-state index in [0.29, 0.717) is 17.3 Å². The molecule has 0 saturated heterocycles. The van der Waals surface area contributed by atoms with Crippen LogP contribution in [0.3, 0.4) is 0 Å². The van der Waals surface area contributed by atoms with Crippen LogP contribution in [0.4, 0.5) is 4.39 Å². The molecule has 1 amide bonds. The Morgan fingerprint density at radius 3 is 2.75 bits per heavy atom. The minimum absolute atomic E-state index is 0.0209. The van der Waals surface area contributed by atoms with Crippen molar-refractivity contribution < 1.29 is 13.9 Å². The molecule has 32 heavy (non-hydrogen) atoms. The normalized spacial score (nSPS) is 29.0. The van der Waals surface area contributed by atoms with Crippen molar-refractivity contribution in [3.63, 3.8) is 0 Å². The quantitative estimate of drug-likeness (QED) is 0.737. The number of benzene rings is 1. The first kappa shape index (κ1) is 21.2. The number of carbonyl (C=O) groups is 1. The molecule has 2 aliphatic heterocycles. The predicted molar refractivity (Wildman–Crippen MR) is 122 cm³/mol. The maximum atomic E-state index is 14.1. The summed E-state index contributed by atoms with van der Waals surface area (Å²) in [5, 5.41) is 3.45. The number of hydrogen-bond acceptors (Lipinski definition) is 7.